The van der Waals surface area contributed by atoms with Crippen molar-refractivity contribution in [1.82, 2.24) is 0 Å². The predicted octanol–water partition coefficient (Wildman–Crippen LogP) is 14.4. The molecule has 2 heteroatoms. The molecular formula is C50H33NO. The maximum atomic E-state index is 9.01. The van der Waals surface area contributed by atoms with E-state index in [1.54, 1.807) is 0 Å². The summed E-state index contributed by atoms with van der Waals surface area (Å²) in [5.41, 5.74) is 8.69. The van der Waals surface area contributed by atoms with Gasteiger partial charge in [0.25, 0.3) is 0 Å². The van der Waals surface area contributed by atoms with Crippen LogP contribution in [0.25, 0.3) is 76.9 Å². The van der Waals surface area contributed by atoms with Crippen LogP contribution in [-0.2, 0) is 0 Å². The molecule has 9 aromatic carbocycles. The fraction of sp³-hybridized carbons (Fsp3) is 0. The highest BCUT2D eigenvalue weighted by Gasteiger charge is 2.25. The summed E-state index contributed by atoms with van der Waals surface area (Å²) in [6.07, 6.45) is 0. The Morgan fingerprint density at radius 1 is 0.365 bits per heavy atom. The number of furan rings is 1. The highest BCUT2D eigenvalue weighted by Crippen LogP contribution is 2.50. The first-order chi connectivity index (χ1) is 27.9. The smallest absolute Gasteiger partial charge is 0.145 e. The number of anilines is 3. The molecule has 0 saturated carbocycles. The lowest BCUT2D eigenvalue weighted by atomic mass is 9.94. The van der Waals surface area contributed by atoms with Gasteiger partial charge in [0, 0.05) is 27.7 Å². The van der Waals surface area contributed by atoms with E-state index in [9.17, 15) is 0 Å². The van der Waals surface area contributed by atoms with Gasteiger partial charge in [-0.1, -0.05) is 164 Å². The summed E-state index contributed by atoms with van der Waals surface area (Å²) in [5, 5.41) is 5.67. The first kappa shape index (κ1) is 25.1. The molecule has 0 fully saturated rings. The van der Waals surface area contributed by atoms with E-state index in [4.69, 9.17) is 11.3 Å². The molecule has 10 aromatic rings. The number of benzene rings is 9. The molecule has 0 aliphatic carbocycles. The first-order valence-electron chi connectivity index (χ1n) is 19.9. The van der Waals surface area contributed by atoms with E-state index >= 15 is 0 Å². The average Bonchev–Trinajstić information content (AvgIpc) is 3.69. The summed E-state index contributed by atoms with van der Waals surface area (Å²) in [7, 11) is 0. The summed E-state index contributed by atoms with van der Waals surface area (Å²) in [5.74, 6) is 0. The molecular weight excluding hydrogens is 631 g/mol. The lowest BCUT2D eigenvalue weighted by molar-refractivity contribution is 0.674. The summed E-state index contributed by atoms with van der Waals surface area (Å²) in [6.45, 7) is 0. The molecule has 52 heavy (non-hydrogen) atoms. The van der Waals surface area contributed by atoms with Crippen LogP contribution >= 0.6 is 0 Å². The molecule has 0 unspecified atom stereocenters. The monoisotopic (exact) mass is 668 g/mol. The zero-order chi connectivity index (χ0) is 38.8. The van der Waals surface area contributed by atoms with E-state index in [0.717, 1.165) is 71.6 Å². The Hall–Kier alpha value is -6.90. The standard InChI is InChI=1S/C50H33NO/c1-4-14-34(15-5-1)36-24-28-39(29-25-36)51(40-30-26-37(27-31-40)35-16-6-2-7-17-35)46-33-32-41(38-18-8-3-9-19-38)49-48(46)47-44-22-12-10-20-42(44)43-21-11-13-23-45(43)50(47)52-49/h1-33H/i3D,8D,9D,18D,19D. The molecule has 0 saturated heterocycles. The summed E-state index contributed by atoms with van der Waals surface area (Å²) < 4.78 is 50.5. The van der Waals surface area contributed by atoms with Crippen LogP contribution in [-0.4, -0.2) is 0 Å². The van der Waals surface area contributed by atoms with Crippen LogP contribution in [0.15, 0.2) is 204 Å². The SMILES string of the molecule is [2H]c1c([2H])c([2H])c(-c2ccc(N(c3ccc(-c4ccccc4)cc3)c3ccc(-c4ccccc4)cc3)c3c2oc2c4ccccc4c4ccccc4c23)c([2H])c1[2H]. The largest absolute Gasteiger partial charge is 0.455 e. The molecule has 10 rings (SSSR count). The summed E-state index contributed by atoms with van der Waals surface area (Å²) >= 11 is 0. The third kappa shape index (κ3) is 4.96. The Labute approximate surface area is 309 Å². The Kier molecular flexibility index (Phi) is 6.01. The van der Waals surface area contributed by atoms with Crippen molar-refractivity contribution in [2.75, 3.05) is 4.90 Å². The van der Waals surface area contributed by atoms with E-state index in [0.29, 0.717) is 16.7 Å². The zero-order valence-electron chi connectivity index (χ0n) is 33.0. The second-order valence-electron chi connectivity index (χ2n) is 12.9. The van der Waals surface area contributed by atoms with Crippen molar-refractivity contribution in [1.29, 1.82) is 0 Å². The maximum absolute atomic E-state index is 9.01. The van der Waals surface area contributed by atoms with Gasteiger partial charge in [-0.25, -0.2) is 0 Å². The third-order valence-electron chi connectivity index (χ3n) is 9.95. The van der Waals surface area contributed by atoms with Crippen molar-refractivity contribution in [2.24, 2.45) is 0 Å². The minimum atomic E-state index is -0.438. The number of hydrogen-bond donors (Lipinski definition) is 0. The van der Waals surface area contributed by atoms with E-state index in [1.165, 1.54) is 0 Å². The van der Waals surface area contributed by atoms with Crippen LogP contribution < -0.4 is 4.90 Å². The quantitative estimate of drug-likeness (QED) is 0.164. The molecule has 0 radical (unpaired) electrons. The molecule has 0 aliphatic rings. The molecule has 1 heterocycles. The van der Waals surface area contributed by atoms with Gasteiger partial charge in [0.1, 0.15) is 11.2 Å². The van der Waals surface area contributed by atoms with Crippen molar-refractivity contribution in [2.45, 2.75) is 0 Å². The van der Waals surface area contributed by atoms with Gasteiger partial charge in [0.05, 0.1) is 17.9 Å². The van der Waals surface area contributed by atoms with Gasteiger partial charge in [0.15, 0.2) is 0 Å². The second-order valence-corrected chi connectivity index (χ2v) is 12.9. The predicted molar refractivity (Wildman–Crippen MR) is 220 cm³/mol. The minimum absolute atomic E-state index is 0.0937. The highest BCUT2D eigenvalue weighted by atomic mass is 16.3. The van der Waals surface area contributed by atoms with Crippen LogP contribution in [0.4, 0.5) is 17.1 Å². The second kappa shape index (κ2) is 12.5. The molecule has 0 atom stereocenters. The average molecular weight is 669 g/mol. The molecule has 0 spiro atoms. The van der Waals surface area contributed by atoms with E-state index in [1.807, 2.05) is 72.8 Å². The molecule has 1 aromatic heterocycles. The van der Waals surface area contributed by atoms with Gasteiger partial charge < -0.3 is 9.32 Å². The van der Waals surface area contributed by atoms with Gasteiger partial charge >= 0.3 is 0 Å². The van der Waals surface area contributed by atoms with Crippen molar-refractivity contribution < 1.29 is 11.3 Å². The molecule has 0 N–H and O–H groups in total. The molecule has 0 bridgehead atoms. The topological polar surface area (TPSA) is 16.4 Å². The number of rotatable bonds is 6. The van der Waals surface area contributed by atoms with Crippen molar-refractivity contribution in [3.63, 3.8) is 0 Å². The van der Waals surface area contributed by atoms with E-state index < -0.39 is 18.1 Å². The van der Waals surface area contributed by atoms with Crippen LogP contribution in [0.3, 0.4) is 0 Å². The van der Waals surface area contributed by atoms with Crippen LogP contribution in [0.1, 0.15) is 6.85 Å². The molecule has 0 amide bonds. The lowest BCUT2D eigenvalue weighted by Crippen LogP contribution is -2.10. The molecule has 0 aliphatic heterocycles. The Morgan fingerprint density at radius 3 is 1.42 bits per heavy atom. The van der Waals surface area contributed by atoms with Crippen molar-refractivity contribution in [3.05, 3.63) is 200 Å². The third-order valence-corrected chi connectivity index (χ3v) is 9.95. The fourth-order valence-corrected chi connectivity index (χ4v) is 7.55. The van der Waals surface area contributed by atoms with E-state index in [2.05, 4.69) is 102 Å². The fourth-order valence-electron chi connectivity index (χ4n) is 7.55. The van der Waals surface area contributed by atoms with Gasteiger partial charge in [-0.3, -0.25) is 0 Å². The summed E-state index contributed by atoms with van der Waals surface area (Å²) in [6, 6.07) is 56.1. The first-order valence-corrected chi connectivity index (χ1v) is 17.4. The van der Waals surface area contributed by atoms with Crippen LogP contribution in [0, 0.1) is 0 Å². The van der Waals surface area contributed by atoms with Crippen molar-refractivity contribution in [3.8, 4) is 33.4 Å². The minimum Gasteiger partial charge on any atom is -0.455 e. The number of nitrogens with zero attached hydrogens (tertiary/aromatic N) is 1. The van der Waals surface area contributed by atoms with Gasteiger partial charge in [0.2, 0.25) is 0 Å². The number of hydrogen-bond acceptors (Lipinski definition) is 2. The molecule has 2 nitrogen and oxygen atoms in total. The van der Waals surface area contributed by atoms with Crippen molar-refractivity contribution >= 4 is 60.5 Å². The Balaban J connectivity index is 1.32. The maximum Gasteiger partial charge on any atom is 0.145 e. The Morgan fingerprint density at radius 2 is 0.846 bits per heavy atom. The van der Waals surface area contributed by atoms with Gasteiger partial charge in [-0.05, 0) is 80.4 Å². The number of fused-ring (bicyclic) bond motifs is 8. The normalized spacial score (nSPS) is 12.8. The van der Waals surface area contributed by atoms with Gasteiger partial charge in [-0.2, -0.15) is 0 Å². The van der Waals surface area contributed by atoms with Crippen LogP contribution in [0.2, 0.25) is 0 Å². The highest BCUT2D eigenvalue weighted by molar-refractivity contribution is 6.33. The lowest BCUT2D eigenvalue weighted by Gasteiger charge is -2.27. The Bertz CT molecular complexity index is 3050. The molecule has 244 valence electrons. The zero-order valence-corrected chi connectivity index (χ0v) is 28.0. The summed E-state index contributed by atoms with van der Waals surface area (Å²) in [4.78, 5) is 2.22. The van der Waals surface area contributed by atoms with E-state index in [-0.39, 0.29) is 17.6 Å². The van der Waals surface area contributed by atoms with Crippen LogP contribution in [0.5, 0.6) is 0 Å². The van der Waals surface area contributed by atoms with Gasteiger partial charge in [-0.15, -0.1) is 0 Å².